The second-order valence-corrected chi connectivity index (χ2v) is 2.65. The van der Waals surface area contributed by atoms with Crippen LogP contribution in [0.15, 0.2) is 18.2 Å². The van der Waals surface area contributed by atoms with Crippen LogP contribution in [-0.4, -0.2) is 16.0 Å². The maximum Gasteiger partial charge on any atom is 0.337 e. The normalized spacial score (nSPS) is 8.44. The monoisotopic (exact) mass is 216 g/mol. The van der Waals surface area contributed by atoms with E-state index in [0.29, 0.717) is 0 Å². The van der Waals surface area contributed by atoms with E-state index >= 15 is 0 Å². The molecule has 0 saturated carbocycles. The van der Waals surface area contributed by atoms with Gasteiger partial charge < -0.3 is 5.11 Å². The maximum atomic E-state index is 10.8. The summed E-state index contributed by atoms with van der Waals surface area (Å²) in [5, 5.41) is 27.4. The molecule has 1 N–H and O–H groups in total. The molecule has 0 bridgehead atoms. The van der Waals surface area contributed by atoms with Crippen LogP contribution >= 0.6 is 0 Å². The first-order chi connectivity index (χ1) is 7.56. The van der Waals surface area contributed by atoms with Crippen molar-refractivity contribution >= 4 is 11.7 Å². The van der Waals surface area contributed by atoms with Crippen LogP contribution in [0.3, 0.4) is 0 Å². The van der Waals surface area contributed by atoms with E-state index in [2.05, 4.69) is 5.92 Å². The highest BCUT2D eigenvalue weighted by atomic mass is 16.6. The summed E-state index contributed by atoms with van der Waals surface area (Å²) in [6, 6.07) is 4.77. The third-order valence-electron chi connectivity index (χ3n) is 1.70. The van der Waals surface area contributed by atoms with Crippen molar-refractivity contribution in [2.45, 2.75) is 0 Å². The quantitative estimate of drug-likeness (QED) is 0.453. The molecule has 0 amide bonds. The predicted octanol–water partition coefficient (Wildman–Crippen LogP) is 1.17. The standard InChI is InChI=1S/C10H4N2O4/c11-5-1-2-7-3-4-8(12(15)16)6-9(7)10(13)14/h3-4,6H,(H,13,14). The van der Waals surface area contributed by atoms with Gasteiger partial charge in [-0.3, -0.25) is 10.1 Å². The van der Waals surface area contributed by atoms with Gasteiger partial charge in [0.1, 0.15) is 0 Å². The number of nitriles is 1. The van der Waals surface area contributed by atoms with Crippen molar-refractivity contribution in [2.75, 3.05) is 0 Å². The molecule has 0 unspecified atom stereocenters. The van der Waals surface area contributed by atoms with Crippen LogP contribution in [0.25, 0.3) is 0 Å². The number of carboxylic acid groups (broad SMARTS) is 1. The highest BCUT2D eigenvalue weighted by Crippen LogP contribution is 2.17. The number of carbonyl (C=O) groups is 1. The Bertz CT molecular complexity index is 560. The number of rotatable bonds is 2. The van der Waals surface area contributed by atoms with Crippen LogP contribution in [-0.2, 0) is 0 Å². The minimum absolute atomic E-state index is 0.0691. The Morgan fingerprint density at radius 2 is 2.19 bits per heavy atom. The summed E-state index contributed by atoms with van der Waals surface area (Å²) in [5.74, 6) is 3.00. The van der Waals surface area contributed by atoms with Gasteiger partial charge in [-0.2, -0.15) is 5.26 Å². The number of hydrogen-bond acceptors (Lipinski definition) is 4. The molecule has 0 heterocycles. The smallest absolute Gasteiger partial charge is 0.337 e. The minimum Gasteiger partial charge on any atom is -0.478 e. The number of aromatic carboxylic acids is 1. The maximum absolute atomic E-state index is 10.8. The highest BCUT2D eigenvalue weighted by molar-refractivity contribution is 5.91. The van der Waals surface area contributed by atoms with E-state index in [0.717, 1.165) is 12.1 Å². The zero-order valence-electron chi connectivity index (χ0n) is 7.80. The van der Waals surface area contributed by atoms with Crippen LogP contribution in [0.5, 0.6) is 0 Å². The Morgan fingerprint density at radius 1 is 1.50 bits per heavy atom. The number of hydrogen-bond donors (Lipinski definition) is 1. The Balaban J connectivity index is 3.37. The number of benzene rings is 1. The number of nitro groups is 1. The molecular formula is C10H4N2O4. The SMILES string of the molecule is N#CC#Cc1ccc([N+](=O)[O-])cc1C(=O)O. The van der Waals surface area contributed by atoms with E-state index in [1.54, 1.807) is 0 Å². The predicted molar refractivity (Wildman–Crippen MR) is 52.5 cm³/mol. The summed E-state index contributed by atoms with van der Waals surface area (Å²) in [6.45, 7) is 0. The van der Waals surface area contributed by atoms with E-state index in [1.165, 1.54) is 12.1 Å². The lowest BCUT2D eigenvalue weighted by Gasteiger charge is -1.98. The van der Waals surface area contributed by atoms with Gasteiger partial charge in [0.05, 0.1) is 10.5 Å². The van der Waals surface area contributed by atoms with Crippen molar-refractivity contribution < 1.29 is 14.8 Å². The van der Waals surface area contributed by atoms with E-state index < -0.39 is 10.9 Å². The van der Waals surface area contributed by atoms with E-state index in [4.69, 9.17) is 10.4 Å². The van der Waals surface area contributed by atoms with Gasteiger partial charge in [-0.05, 0) is 12.0 Å². The molecule has 6 nitrogen and oxygen atoms in total. The number of carboxylic acids is 1. The molecule has 0 radical (unpaired) electrons. The van der Waals surface area contributed by atoms with Gasteiger partial charge in [0.2, 0.25) is 0 Å². The average molecular weight is 216 g/mol. The summed E-state index contributed by atoms with van der Waals surface area (Å²) in [6.07, 6.45) is 0. The third kappa shape index (κ3) is 2.34. The van der Waals surface area contributed by atoms with Gasteiger partial charge in [-0.25, -0.2) is 4.79 Å². The van der Waals surface area contributed by atoms with Gasteiger partial charge in [0, 0.05) is 23.6 Å². The van der Waals surface area contributed by atoms with E-state index in [-0.39, 0.29) is 16.8 Å². The van der Waals surface area contributed by atoms with Crippen LogP contribution < -0.4 is 0 Å². The Hall–Kier alpha value is -2.86. The zero-order chi connectivity index (χ0) is 12.1. The van der Waals surface area contributed by atoms with Crippen molar-refractivity contribution in [1.82, 2.24) is 0 Å². The summed E-state index contributed by atoms with van der Waals surface area (Å²) in [5.41, 5.74) is -0.559. The summed E-state index contributed by atoms with van der Waals surface area (Å²) < 4.78 is 0. The fourth-order valence-electron chi connectivity index (χ4n) is 1.03. The van der Waals surface area contributed by atoms with Gasteiger partial charge in [-0.15, -0.1) is 0 Å². The molecule has 1 rings (SSSR count). The molecule has 6 heteroatoms. The molecule has 1 aromatic rings. The molecule has 16 heavy (non-hydrogen) atoms. The van der Waals surface area contributed by atoms with Crippen LogP contribution in [0.2, 0.25) is 0 Å². The first-order valence-electron chi connectivity index (χ1n) is 3.98. The lowest BCUT2D eigenvalue weighted by Crippen LogP contribution is -2.01. The van der Waals surface area contributed by atoms with Crippen molar-refractivity contribution in [2.24, 2.45) is 0 Å². The summed E-state index contributed by atoms with van der Waals surface area (Å²) in [4.78, 5) is 20.5. The highest BCUT2D eigenvalue weighted by Gasteiger charge is 2.14. The van der Waals surface area contributed by atoms with Crippen molar-refractivity contribution in [3.05, 3.63) is 39.4 Å². The molecular weight excluding hydrogens is 212 g/mol. The molecule has 0 aliphatic rings. The molecule has 0 fully saturated rings. The van der Waals surface area contributed by atoms with Crippen LogP contribution in [0.1, 0.15) is 15.9 Å². The lowest BCUT2D eigenvalue weighted by molar-refractivity contribution is -0.384. The van der Waals surface area contributed by atoms with Gasteiger partial charge >= 0.3 is 5.97 Å². The summed E-state index contributed by atoms with van der Waals surface area (Å²) >= 11 is 0. The molecule has 0 aliphatic carbocycles. The molecule has 1 aromatic carbocycles. The van der Waals surface area contributed by atoms with Crippen molar-refractivity contribution in [3.8, 4) is 17.9 Å². The molecule has 0 aromatic heterocycles. The van der Waals surface area contributed by atoms with Gasteiger partial charge in [0.25, 0.3) is 5.69 Å². The number of non-ortho nitro benzene ring substituents is 1. The third-order valence-corrected chi connectivity index (χ3v) is 1.70. The van der Waals surface area contributed by atoms with Gasteiger partial charge in [-0.1, -0.05) is 0 Å². The molecule has 0 atom stereocenters. The zero-order valence-corrected chi connectivity index (χ0v) is 7.80. The minimum atomic E-state index is -1.33. The number of nitro benzene ring substituents is 1. The largest absolute Gasteiger partial charge is 0.478 e. The first kappa shape index (κ1) is 11.2. The Morgan fingerprint density at radius 3 is 2.69 bits per heavy atom. The fourth-order valence-corrected chi connectivity index (χ4v) is 1.03. The van der Waals surface area contributed by atoms with Crippen molar-refractivity contribution in [1.29, 1.82) is 5.26 Å². The second kappa shape index (κ2) is 4.58. The first-order valence-corrected chi connectivity index (χ1v) is 3.98. The van der Waals surface area contributed by atoms with Crippen LogP contribution in [0.4, 0.5) is 5.69 Å². The molecule has 78 valence electrons. The Labute approximate surface area is 89.9 Å². The van der Waals surface area contributed by atoms with Crippen molar-refractivity contribution in [3.63, 3.8) is 0 Å². The fraction of sp³-hybridized carbons (Fsp3) is 0. The Kier molecular flexibility index (Phi) is 3.21. The molecule has 0 spiro atoms. The second-order valence-electron chi connectivity index (χ2n) is 2.65. The lowest BCUT2D eigenvalue weighted by atomic mass is 10.1. The van der Waals surface area contributed by atoms with Gasteiger partial charge in [0.15, 0.2) is 6.07 Å². The van der Waals surface area contributed by atoms with Crippen LogP contribution in [0, 0.1) is 33.3 Å². The number of nitrogens with zero attached hydrogens (tertiary/aromatic N) is 2. The summed E-state index contributed by atoms with van der Waals surface area (Å²) in [7, 11) is 0. The topological polar surface area (TPSA) is 104 Å². The van der Waals surface area contributed by atoms with E-state index in [9.17, 15) is 14.9 Å². The van der Waals surface area contributed by atoms with E-state index in [1.807, 2.05) is 5.92 Å². The average Bonchev–Trinajstić information content (AvgIpc) is 2.25. The molecule has 0 saturated heterocycles. The molecule has 0 aliphatic heterocycles.